The van der Waals surface area contributed by atoms with Crippen LogP contribution < -0.4 is 5.32 Å². The molecule has 0 spiro atoms. The SMILES string of the molecule is C/C=C\C(C#Cc1ccc(C#CC(/C=C\NC)=C/C)cc1)=C/C. The molecule has 0 bridgehead atoms. The summed E-state index contributed by atoms with van der Waals surface area (Å²) in [4.78, 5) is 0. The zero-order valence-corrected chi connectivity index (χ0v) is 14.3. The quantitative estimate of drug-likeness (QED) is 0.636. The predicted octanol–water partition coefficient (Wildman–Crippen LogP) is 4.59. The number of nitrogens with one attached hydrogen (secondary N) is 1. The normalized spacial score (nSPS) is 11.8. The Labute approximate surface area is 140 Å². The lowest BCUT2D eigenvalue weighted by molar-refractivity contribution is 1.10. The van der Waals surface area contributed by atoms with Crippen molar-refractivity contribution in [1.82, 2.24) is 5.32 Å². The molecule has 1 rings (SSSR count). The molecule has 0 fully saturated rings. The molecule has 116 valence electrons. The third kappa shape index (κ3) is 7.07. The fraction of sp³-hybridized carbons (Fsp3) is 0.182. The minimum Gasteiger partial charge on any atom is -0.394 e. The first-order valence-electron chi connectivity index (χ1n) is 7.66. The molecule has 1 N–H and O–H groups in total. The fourth-order valence-electron chi connectivity index (χ4n) is 1.70. The van der Waals surface area contributed by atoms with E-state index in [1.807, 2.05) is 88.7 Å². The van der Waals surface area contributed by atoms with E-state index >= 15 is 0 Å². The van der Waals surface area contributed by atoms with E-state index in [0.717, 1.165) is 22.3 Å². The Morgan fingerprint density at radius 2 is 1.30 bits per heavy atom. The average molecular weight is 301 g/mol. The Morgan fingerprint density at radius 3 is 1.70 bits per heavy atom. The van der Waals surface area contributed by atoms with Crippen molar-refractivity contribution in [2.75, 3.05) is 7.05 Å². The van der Waals surface area contributed by atoms with Crippen molar-refractivity contribution in [3.63, 3.8) is 0 Å². The third-order valence-electron chi connectivity index (χ3n) is 2.99. The van der Waals surface area contributed by atoms with Crippen LogP contribution in [0.4, 0.5) is 0 Å². The molecule has 0 radical (unpaired) electrons. The second-order valence-corrected chi connectivity index (χ2v) is 4.69. The van der Waals surface area contributed by atoms with Crippen LogP contribution in [-0.2, 0) is 0 Å². The molecule has 23 heavy (non-hydrogen) atoms. The number of hydrogen-bond acceptors (Lipinski definition) is 1. The Morgan fingerprint density at radius 1 is 0.826 bits per heavy atom. The van der Waals surface area contributed by atoms with Crippen molar-refractivity contribution in [3.8, 4) is 23.7 Å². The second kappa shape index (κ2) is 10.8. The van der Waals surface area contributed by atoms with Crippen molar-refractivity contribution >= 4 is 0 Å². The summed E-state index contributed by atoms with van der Waals surface area (Å²) in [6, 6.07) is 7.99. The number of benzene rings is 1. The smallest absolute Gasteiger partial charge is 0.0249 e. The Kier molecular flexibility index (Phi) is 8.50. The number of allylic oxidation sites excluding steroid dienone is 7. The summed E-state index contributed by atoms with van der Waals surface area (Å²) >= 11 is 0. The summed E-state index contributed by atoms with van der Waals surface area (Å²) in [6.07, 6.45) is 11.8. The van der Waals surface area contributed by atoms with Crippen LogP contribution in [0.5, 0.6) is 0 Å². The van der Waals surface area contributed by atoms with Gasteiger partial charge in [0.15, 0.2) is 0 Å². The summed E-state index contributed by atoms with van der Waals surface area (Å²) in [7, 11) is 1.87. The molecule has 1 aromatic rings. The summed E-state index contributed by atoms with van der Waals surface area (Å²) in [6.45, 7) is 5.96. The van der Waals surface area contributed by atoms with E-state index in [-0.39, 0.29) is 0 Å². The molecule has 0 amide bonds. The van der Waals surface area contributed by atoms with Gasteiger partial charge in [-0.2, -0.15) is 0 Å². The highest BCUT2D eigenvalue weighted by atomic mass is 14.8. The lowest BCUT2D eigenvalue weighted by Gasteiger charge is -1.93. The highest BCUT2D eigenvalue weighted by Gasteiger charge is 1.90. The monoisotopic (exact) mass is 301 g/mol. The molecule has 0 aliphatic carbocycles. The van der Waals surface area contributed by atoms with Crippen molar-refractivity contribution < 1.29 is 0 Å². The minimum absolute atomic E-state index is 0.979. The number of rotatable bonds is 3. The van der Waals surface area contributed by atoms with Crippen LogP contribution in [-0.4, -0.2) is 7.05 Å². The highest BCUT2D eigenvalue weighted by molar-refractivity contribution is 5.49. The van der Waals surface area contributed by atoms with E-state index in [4.69, 9.17) is 0 Å². The van der Waals surface area contributed by atoms with Gasteiger partial charge >= 0.3 is 0 Å². The molecule has 0 saturated heterocycles. The van der Waals surface area contributed by atoms with Crippen LogP contribution >= 0.6 is 0 Å². The van der Waals surface area contributed by atoms with Crippen LogP contribution in [0.15, 0.2) is 72.0 Å². The van der Waals surface area contributed by atoms with Gasteiger partial charge in [-0.25, -0.2) is 0 Å². The van der Waals surface area contributed by atoms with Gasteiger partial charge in [-0.1, -0.05) is 48.0 Å². The summed E-state index contributed by atoms with van der Waals surface area (Å²) in [5.74, 6) is 12.6. The number of hydrogen-bond donors (Lipinski definition) is 1. The Bertz CT molecular complexity index is 733. The van der Waals surface area contributed by atoms with E-state index < -0.39 is 0 Å². The second-order valence-electron chi connectivity index (χ2n) is 4.69. The van der Waals surface area contributed by atoms with Crippen LogP contribution in [0.3, 0.4) is 0 Å². The van der Waals surface area contributed by atoms with Gasteiger partial charge in [-0.05, 0) is 57.3 Å². The first kappa shape index (κ1) is 18.1. The van der Waals surface area contributed by atoms with Gasteiger partial charge in [0.05, 0.1) is 0 Å². The van der Waals surface area contributed by atoms with E-state index in [2.05, 4.69) is 29.0 Å². The van der Waals surface area contributed by atoms with Gasteiger partial charge in [-0.3, -0.25) is 0 Å². The van der Waals surface area contributed by atoms with Crippen LogP contribution in [0.25, 0.3) is 0 Å². The first-order valence-corrected chi connectivity index (χ1v) is 7.66. The van der Waals surface area contributed by atoms with Gasteiger partial charge in [-0.15, -0.1) is 0 Å². The van der Waals surface area contributed by atoms with Crippen LogP contribution in [0, 0.1) is 23.7 Å². The molecule has 0 aromatic heterocycles. The summed E-state index contributed by atoms with van der Waals surface area (Å²) in [5.41, 5.74) is 3.96. The molecule has 1 nitrogen and oxygen atoms in total. The van der Waals surface area contributed by atoms with Gasteiger partial charge in [0.1, 0.15) is 0 Å². The van der Waals surface area contributed by atoms with Crippen LogP contribution in [0.2, 0.25) is 0 Å². The average Bonchev–Trinajstić information content (AvgIpc) is 2.59. The predicted molar refractivity (Wildman–Crippen MR) is 101 cm³/mol. The molecular weight excluding hydrogens is 278 g/mol. The minimum atomic E-state index is 0.979. The highest BCUT2D eigenvalue weighted by Crippen LogP contribution is 2.04. The molecule has 0 heterocycles. The van der Waals surface area contributed by atoms with Crippen molar-refractivity contribution in [1.29, 1.82) is 0 Å². The first-order chi connectivity index (χ1) is 11.2. The summed E-state index contributed by atoms with van der Waals surface area (Å²) < 4.78 is 0. The molecule has 1 aromatic carbocycles. The van der Waals surface area contributed by atoms with Gasteiger partial charge in [0, 0.05) is 29.3 Å². The maximum atomic E-state index is 3.16. The standard InChI is InChI=1S/C22H23N/c1-5-8-19(6-2)9-11-21-13-15-22(16-14-21)12-10-20(7-3)17-18-23-4/h5-8,13-18,23H,1-4H3/b8-5-,18-17-,19-6+,20-7-. The van der Waals surface area contributed by atoms with Gasteiger partial charge in [0.2, 0.25) is 0 Å². The fourth-order valence-corrected chi connectivity index (χ4v) is 1.70. The zero-order chi connectivity index (χ0) is 16.9. The molecule has 0 unspecified atom stereocenters. The maximum absolute atomic E-state index is 3.16. The van der Waals surface area contributed by atoms with E-state index in [9.17, 15) is 0 Å². The van der Waals surface area contributed by atoms with E-state index in [1.54, 1.807) is 0 Å². The molecule has 0 saturated carbocycles. The molecule has 0 atom stereocenters. The lowest BCUT2D eigenvalue weighted by Crippen LogP contribution is -1.91. The third-order valence-corrected chi connectivity index (χ3v) is 2.99. The van der Waals surface area contributed by atoms with E-state index in [1.165, 1.54) is 0 Å². The van der Waals surface area contributed by atoms with Gasteiger partial charge < -0.3 is 5.32 Å². The largest absolute Gasteiger partial charge is 0.394 e. The molecule has 1 heteroatoms. The Balaban J connectivity index is 2.87. The molecule has 0 aliphatic heterocycles. The van der Waals surface area contributed by atoms with E-state index in [0.29, 0.717) is 0 Å². The molecular formula is C22H23N. The Hall–Kier alpha value is -2.90. The zero-order valence-electron chi connectivity index (χ0n) is 14.3. The topological polar surface area (TPSA) is 12.0 Å². The van der Waals surface area contributed by atoms with Crippen molar-refractivity contribution in [3.05, 3.63) is 83.1 Å². The maximum Gasteiger partial charge on any atom is 0.0249 e. The van der Waals surface area contributed by atoms with Gasteiger partial charge in [0.25, 0.3) is 0 Å². The van der Waals surface area contributed by atoms with Crippen molar-refractivity contribution in [2.24, 2.45) is 0 Å². The summed E-state index contributed by atoms with van der Waals surface area (Å²) in [5, 5.41) is 2.96. The van der Waals surface area contributed by atoms with Crippen LogP contribution in [0.1, 0.15) is 31.9 Å². The van der Waals surface area contributed by atoms with Crippen molar-refractivity contribution in [2.45, 2.75) is 20.8 Å². The lowest BCUT2D eigenvalue weighted by atomic mass is 10.1. The molecule has 0 aliphatic rings.